The van der Waals surface area contributed by atoms with Crippen LogP contribution in [-0.4, -0.2) is 57.7 Å². The molecule has 2 fully saturated rings. The van der Waals surface area contributed by atoms with Crippen molar-refractivity contribution in [2.45, 2.75) is 37.6 Å². The molecule has 4 heterocycles. The van der Waals surface area contributed by atoms with Crippen LogP contribution in [0, 0.1) is 0 Å². The zero-order valence-corrected chi connectivity index (χ0v) is 14.0. The molecule has 2 saturated heterocycles. The Labute approximate surface area is 140 Å². The van der Waals surface area contributed by atoms with Gasteiger partial charge in [0.2, 0.25) is 0 Å². The lowest BCUT2D eigenvalue weighted by Gasteiger charge is -2.31. The van der Waals surface area contributed by atoms with E-state index < -0.39 is 0 Å². The van der Waals surface area contributed by atoms with Gasteiger partial charge in [0.15, 0.2) is 0 Å². The summed E-state index contributed by atoms with van der Waals surface area (Å²) in [4.78, 5) is 6.82. The van der Waals surface area contributed by atoms with Crippen LogP contribution < -0.4 is 0 Å². The monoisotopic (exact) mass is 334 g/mol. The molecule has 2 aliphatic rings. The third-order valence-electron chi connectivity index (χ3n) is 4.56. The molecule has 2 atom stereocenters. The van der Waals surface area contributed by atoms with E-state index in [2.05, 4.69) is 15.0 Å². The smallest absolute Gasteiger partial charge is 0.107 e. The van der Waals surface area contributed by atoms with Crippen molar-refractivity contribution in [2.24, 2.45) is 0 Å². The summed E-state index contributed by atoms with van der Waals surface area (Å²) in [7, 11) is 0. The number of hydrogen-bond acceptors (Lipinski definition) is 6. The molecule has 0 amide bonds. The Morgan fingerprint density at radius 1 is 1.39 bits per heavy atom. The maximum atomic E-state index is 6.45. The van der Waals surface area contributed by atoms with Gasteiger partial charge >= 0.3 is 0 Å². The first-order valence-electron chi connectivity index (χ1n) is 8.15. The molecule has 6 nitrogen and oxygen atoms in total. The predicted molar refractivity (Wildman–Crippen MR) is 87.3 cm³/mol. The molecular weight excluding hydrogens is 312 g/mol. The van der Waals surface area contributed by atoms with Crippen LogP contribution >= 0.6 is 11.3 Å². The minimum Gasteiger partial charge on any atom is -0.377 e. The van der Waals surface area contributed by atoms with Gasteiger partial charge in [0.25, 0.3) is 0 Å². The third-order valence-corrected chi connectivity index (χ3v) is 5.32. The summed E-state index contributed by atoms with van der Waals surface area (Å²) in [6, 6.07) is 1.95. The van der Waals surface area contributed by atoms with Gasteiger partial charge in [-0.05, 0) is 18.9 Å². The maximum absolute atomic E-state index is 6.45. The molecule has 0 radical (unpaired) electrons. The van der Waals surface area contributed by atoms with Gasteiger partial charge in [0.05, 0.1) is 32.4 Å². The van der Waals surface area contributed by atoms with E-state index in [9.17, 15) is 0 Å². The Morgan fingerprint density at radius 2 is 2.39 bits per heavy atom. The Hall–Kier alpha value is -1.28. The van der Waals surface area contributed by atoms with Gasteiger partial charge in [0, 0.05) is 37.1 Å². The van der Waals surface area contributed by atoms with Crippen molar-refractivity contribution in [3.05, 3.63) is 35.0 Å². The average Bonchev–Trinajstić information content (AvgIpc) is 3.25. The van der Waals surface area contributed by atoms with Gasteiger partial charge in [-0.15, -0.1) is 11.3 Å². The van der Waals surface area contributed by atoms with E-state index in [-0.39, 0.29) is 11.7 Å². The third kappa shape index (κ3) is 3.63. The maximum Gasteiger partial charge on any atom is 0.107 e. The van der Waals surface area contributed by atoms with Crippen LogP contribution in [0.15, 0.2) is 30.0 Å². The molecule has 0 bridgehead atoms. The summed E-state index contributed by atoms with van der Waals surface area (Å²) in [5.41, 5.74) is -0.175. The van der Waals surface area contributed by atoms with Crippen molar-refractivity contribution in [3.63, 3.8) is 0 Å². The standard InChI is InChI=1S/C16H22N4O2S/c1-4-18-20(6-1)10-14-2-3-16(22-14)12-19(7-8-21-13-16)11-15-17-5-9-23-15/h1,4-6,9,14H,2-3,7-8,10-13H2/t14-,16+/m1/s1. The van der Waals surface area contributed by atoms with Crippen LogP contribution in [0.1, 0.15) is 17.8 Å². The highest BCUT2D eigenvalue weighted by molar-refractivity contribution is 7.09. The minimum absolute atomic E-state index is 0.175. The lowest BCUT2D eigenvalue weighted by Crippen LogP contribution is -2.44. The number of hydrogen-bond donors (Lipinski definition) is 0. The molecule has 0 N–H and O–H groups in total. The zero-order chi connectivity index (χ0) is 15.5. The van der Waals surface area contributed by atoms with Crippen molar-refractivity contribution >= 4 is 11.3 Å². The van der Waals surface area contributed by atoms with Gasteiger partial charge < -0.3 is 9.47 Å². The Balaban J connectivity index is 1.40. The first kappa shape index (κ1) is 15.3. The summed E-state index contributed by atoms with van der Waals surface area (Å²) >= 11 is 1.71. The van der Waals surface area contributed by atoms with E-state index in [1.807, 2.05) is 34.7 Å². The Bertz CT molecular complexity index is 604. The van der Waals surface area contributed by atoms with Crippen LogP contribution in [0.4, 0.5) is 0 Å². The molecule has 1 spiro atoms. The van der Waals surface area contributed by atoms with E-state index in [1.165, 1.54) is 0 Å². The molecule has 4 rings (SSSR count). The van der Waals surface area contributed by atoms with Crippen LogP contribution in [-0.2, 0) is 22.6 Å². The lowest BCUT2D eigenvalue weighted by atomic mass is 10.00. The molecule has 124 valence electrons. The molecule has 0 unspecified atom stereocenters. The largest absolute Gasteiger partial charge is 0.377 e. The highest BCUT2D eigenvalue weighted by Crippen LogP contribution is 2.34. The molecule has 0 saturated carbocycles. The van der Waals surface area contributed by atoms with Crippen molar-refractivity contribution in [2.75, 3.05) is 26.3 Å². The van der Waals surface area contributed by atoms with Gasteiger partial charge in [-0.3, -0.25) is 9.58 Å². The number of rotatable bonds is 4. The topological polar surface area (TPSA) is 52.4 Å². The number of thiazole rings is 1. The second-order valence-electron chi connectivity index (χ2n) is 6.38. The zero-order valence-electron chi connectivity index (χ0n) is 13.1. The van der Waals surface area contributed by atoms with Gasteiger partial charge in [0.1, 0.15) is 10.6 Å². The van der Waals surface area contributed by atoms with Crippen molar-refractivity contribution in [3.8, 4) is 0 Å². The molecule has 2 aliphatic heterocycles. The first-order valence-corrected chi connectivity index (χ1v) is 9.03. The van der Waals surface area contributed by atoms with Gasteiger partial charge in [-0.1, -0.05) is 0 Å². The second kappa shape index (κ2) is 6.68. The van der Waals surface area contributed by atoms with Crippen molar-refractivity contribution < 1.29 is 9.47 Å². The summed E-state index contributed by atoms with van der Waals surface area (Å²) in [5.74, 6) is 0. The van der Waals surface area contributed by atoms with E-state index in [0.29, 0.717) is 6.61 Å². The van der Waals surface area contributed by atoms with Crippen LogP contribution in [0.25, 0.3) is 0 Å². The normalized spacial score (nSPS) is 29.1. The summed E-state index contributed by atoms with van der Waals surface area (Å²) < 4.78 is 14.3. The fourth-order valence-electron chi connectivity index (χ4n) is 3.50. The van der Waals surface area contributed by atoms with E-state index >= 15 is 0 Å². The molecular formula is C16H22N4O2S. The quantitative estimate of drug-likeness (QED) is 0.853. The van der Waals surface area contributed by atoms with E-state index in [4.69, 9.17) is 9.47 Å². The van der Waals surface area contributed by atoms with E-state index in [0.717, 1.165) is 50.6 Å². The number of aromatic nitrogens is 3. The van der Waals surface area contributed by atoms with Crippen molar-refractivity contribution in [1.29, 1.82) is 0 Å². The summed E-state index contributed by atoms with van der Waals surface area (Å²) in [6.45, 7) is 5.02. The Kier molecular flexibility index (Phi) is 4.43. The SMILES string of the molecule is c1cnn(C[C@H]2CC[C@]3(COCCN(Cc4nccs4)C3)O2)c1. The van der Waals surface area contributed by atoms with Gasteiger partial charge in [-0.2, -0.15) is 5.10 Å². The molecule has 7 heteroatoms. The van der Waals surface area contributed by atoms with Crippen LogP contribution in [0.2, 0.25) is 0 Å². The molecule has 0 aromatic carbocycles. The Morgan fingerprint density at radius 3 is 3.22 bits per heavy atom. The molecule has 23 heavy (non-hydrogen) atoms. The number of nitrogens with zero attached hydrogens (tertiary/aromatic N) is 4. The predicted octanol–water partition coefficient (Wildman–Crippen LogP) is 1.79. The lowest BCUT2D eigenvalue weighted by molar-refractivity contribution is -0.0904. The van der Waals surface area contributed by atoms with Crippen LogP contribution in [0.5, 0.6) is 0 Å². The first-order chi connectivity index (χ1) is 11.3. The average molecular weight is 334 g/mol. The van der Waals surface area contributed by atoms with Gasteiger partial charge in [-0.25, -0.2) is 4.98 Å². The highest BCUT2D eigenvalue weighted by atomic mass is 32.1. The molecule has 2 aromatic heterocycles. The molecule has 0 aliphatic carbocycles. The minimum atomic E-state index is -0.175. The van der Waals surface area contributed by atoms with E-state index in [1.54, 1.807) is 11.3 Å². The fraction of sp³-hybridized carbons (Fsp3) is 0.625. The highest BCUT2D eigenvalue weighted by Gasteiger charge is 2.43. The number of ether oxygens (including phenoxy) is 2. The summed E-state index contributed by atoms with van der Waals surface area (Å²) in [5, 5.41) is 7.48. The molecule has 2 aromatic rings. The van der Waals surface area contributed by atoms with Crippen molar-refractivity contribution in [1.82, 2.24) is 19.7 Å². The van der Waals surface area contributed by atoms with Crippen LogP contribution in [0.3, 0.4) is 0 Å². The fourth-order valence-corrected chi connectivity index (χ4v) is 4.16. The summed E-state index contributed by atoms with van der Waals surface area (Å²) in [6.07, 6.45) is 8.01. The second-order valence-corrected chi connectivity index (χ2v) is 7.36.